The fourth-order valence-electron chi connectivity index (χ4n) is 2.28. The molecule has 1 aromatic heterocycles. The van der Waals surface area contributed by atoms with Gasteiger partial charge in [0.05, 0.1) is 0 Å². The molecular weight excluding hydrogens is 351 g/mol. The minimum atomic E-state index is 0.214. The molecule has 0 spiro atoms. The maximum atomic E-state index is 4.53. The van der Waals surface area contributed by atoms with E-state index in [0.29, 0.717) is 0 Å². The average molecular weight is 367 g/mol. The van der Waals surface area contributed by atoms with Crippen molar-refractivity contribution in [1.82, 2.24) is 4.98 Å². The first kappa shape index (κ1) is 12.5. The van der Waals surface area contributed by atoms with Crippen LogP contribution in [-0.2, 0) is 0 Å². The molecule has 1 fully saturated rings. The van der Waals surface area contributed by atoms with Crippen molar-refractivity contribution in [3.63, 3.8) is 0 Å². The van der Waals surface area contributed by atoms with E-state index < -0.39 is 0 Å². The van der Waals surface area contributed by atoms with Crippen LogP contribution in [0.2, 0.25) is 0 Å². The van der Waals surface area contributed by atoms with Gasteiger partial charge in [-0.3, -0.25) is 0 Å². The number of rotatable bonds is 2. The summed E-state index contributed by atoms with van der Waals surface area (Å²) in [5, 5.41) is 0. The molecule has 1 aliphatic heterocycles. The van der Waals surface area contributed by atoms with Gasteiger partial charge in [0, 0.05) is 0 Å². The van der Waals surface area contributed by atoms with Crippen molar-refractivity contribution < 1.29 is 0 Å². The van der Waals surface area contributed by atoms with Crippen molar-refractivity contribution in [2.45, 2.75) is 30.6 Å². The van der Waals surface area contributed by atoms with Crippen LogP contribution in [0.4, 0.5) is 5.82 Å². The van der Waals surface area contributed by atoms with Gasteiger partial charge in [-0.1, -0.05) is 0 Å². The van der Waals surface area contributed by atoms with Gasteiger partial charge in [0.25, 0.3) is 0 Å². The number of hydrogen-bond acceptors (Lipinski definition) is 2. The molecule has 1 aliphatic carbocycles. The predicted molar refractivity (Wildman–Crippen MR) is 81.8 cm³/mol. The molecule has 1 saturated carbocycles. The van der Waals surface area contributed by atoms with Crippen LogP contribution in [0.1, 0.15) is 31.2 Å². The van der Waals surface area contributed by atoms with E-state index in [0.717, 1.165) is 11.7 Å². The number of allylic oxidation sites excluding steroid dienone is 2. The summed E-state index contributed by atoms with van der Waals surface area (Å²) in [4.78, 5) is 7.01. The van der Waals surface area contributed by atoms with E-state index in [1.54, 1.807) is 16.9 Å². The van der Waals surface area contributed by atoms with Crippen molar-refractivity contribution in [3.05, 3.63) is 46.1 Å². The molecule has 0 N–H and O–H groups in total. The predicted octanol–water partition coefficient (Wildman–Crippen LogP) is 2.92. The van der Waals surface area contributed by atoms with Crippen molar-refractivity contribution in [2.75, 3.05) is 4.90 Å². The molecule has 2 heterocycles. The van der Waals surface area contributed by atoms with Gasteiger partial charge in [0.2, 0.25) is 0 Å². The number of halogens is 1. The van der Waals surface area contributed by atoms with Crippen LogP contribution in [0.3, 0.4) is 0 Å². The number of hydrogen-bond donors (Lipinski definition) is 0. The third-order valence-electron chi connectivity index (χ3n) is 3.37. The second-order valence-corrected chi connectivity index (χ2v) is 7.12. The Morgan fingerprint density at radius 3 is 2.89 bits per heavy atom. The third-order valence-corrected chi connectivity index (χ3v) is 4.97. The third kappa shape index (κ3) is 2.43. The molecule has 0 aromatic carbocycles. The molecular formula is C14H16AsBrN2. The first-order valence-electron chi connectivity index (χ1n) is 6.20. The van der Waals surface area contributed by atoms with Gasteiger partial charge < -0.3 is 0 Å². The van der Waals surface area contributed by atoms with E-state index in [-0.39, 0.29) is 4.95 Å². The monoisotopic (exact) mass is 366 g/mol. The van der Waals surface area contributed by atoms with Gasteiger partial charge >= 0.3 is 125 Å². The maximum absolute atomic E-state index is 4.53. The van der Waals surface area contributed by atoms with Crippen LogP contribution in [-0.4, -0.2) is 26.8 Å². The van der Waals surface area contributed by atoms with Crippen molar-refractivity contribution in [1.29, 1.82) is 0 Å². The van der Waals surface area contributed by atoms with Gasteiger partial charge in [-0.05, 0) is 0 Å². The van der Waals surface area contributed by atoms with Crippen LogP contribution < -0.4 is 4.90 Å². The average Bonchev–Trinajstić information content (AvgIpc) is 3.11. The van der Waals surface area contributed by atoms with Gasteiger partial charge in [-0.25, -0.2) is 0 Å². The molecule has 0 amide bonds. The van der Waals surface area contributed by atoms with Gasteiger partial charge in [-0.2, -0.15) is 0 Å². The molecule has 18 heavy (non-hydrogen) atoms. The van der Waals surface area contributed by atoms with Gasteiger partial charge in [0.15, 0.2) is 0 Å². The summed E-state index contributed by atoms with van der Waals surface area (Å²) in [6.07, 6.45) is 9.05. The summed E-state index contributed by atoms with van der Waals surface area (Å²) < 4.78 is 1.30. The van der Waals surface area contributed by atoms with Gasteiger partial charge in [0.1, 0.15) is 0 Å². The Bertz CT molecular complexity index is 534. The standard InChI is InChI=1S/C14H16AsBrN2/c1-9-6-12(15)18(13(16)7-9)14-8-11(4-5-17-14)10-2-3-10/h4-8,10,13H,2-3,15H2,1H3. The first-order chi connectivity index (χ1) is 8.65. The van der Waals surface area contributed by atoms with E-state index >= 15 is 0 Å². The number of pyridine rings is 1. The molecule has 2 unspecified atom stereocenters. The van der Waals surface area contributed by atoms with E-state index in [1.807, 2.05) is 6.20 Å². The van der Waals surface area contributed by atoms with E-state index in [4.69, 9.17) is 0 Å². The van der Waals surface area contributed by atoms with Crippen LogP contribution in [0.15, 0.2) is 40.5 Å². The second kappa shape index (κ2) is 4.86. The molecule has 2 nitrogen and oxygen atoms in total. The molecule has 4 heteroatoms. The zero-order valence-electron chi connectivity index (χ0n) is 10.3. The first-order valence-corrected chi connectivity index (χ1v) is 8.33. The second-order valence-electron chi connectivity index (χ2n) is 4.94. The molecule has 94 valence electrons. The molecule has 2 atom stereocenters. The minimum absolute atomic E-state index is 0.214. The van der Waals surface area contributed by atoms with E-state index in [2.05, 4.69) is 57.0 Å². The molecule has 0 radical (unpaired) electrons. The zero-order chi connectivity index (χ0) is 12.7. The Kier molecular flexibility index (Phi) is 3.38. The number of anilines is 1. The Morgan fingerprint density at radius 1 is 1.44 bits per heavy atom. The fourth-order valence-corrected chi connectivity index (χ4v) is 4.77. The fraction of sp³-hybridized carbons (Fsp3) is 0.357. The number of alkyl halides is 1. The topological polar surface area (TPSA) is 16.1 Å². The Morgan fingerprint density at radius 2 is 2.22 bits per heavy atom. The number of aromatic nitrogens is 1. The molecule has 1 aromatic rings. The normalized spacial score (nSPS) is 23.7. The van der Waals surface area contributed by atoms with Crippen molar-refractivity contribution in [2.24, 2.45) is 0 Å². The molecule has 0 saturated heterocycles. The summed E-state index contributed by atoms with van der Waals surface area (Å²) >= 11 is 5.37. The SMILES string of the molecule is CC1=CC(Br)N(c2cc(C3CC3)ccn2)C([AsH2])=C1. The van der Waals surface area contributed by atoms with Crippen LogP contribution in [0, 0.1) is 0 Å². The summed E-state index contributed by atoms with van der Waals surface area (Å²) in [6, 6.07) is 4.40. The van der Waals surface area contributed by atoms with E-state index in [1.165, 1.54) is 28.5 Å². The van der Waals surface area contributed by atoms with Crippen LogP contribution in [0.25, 0.3) is 0 Å². The summed E-state index contributed by atoms with van der Waals surface area (Å²) in [5.74, 6) is 1.83. The zero-order valence-corrected chi connectivity index (χ0v) is 14.3. The van der Waals surface area contributed by atoms with Crippen molar-refractivity contribution in [3.8, 4) is 0 Å². The summed E-state index contributed by atoms with van der Waals surface area (Å²) in [5.41, 5.74) is 2.75. The van der Waals surface area contributed by atoms with Crippen LogP contribution in [0.5, 0.6) is 0 Å². The molecule has 3 rings (SSSR count). The molecule has 0 bridgehead atoms. The quantitative estimate of drug-likeness (QED) is 0.454. The Hall–Kier alpha value is -0.532. The summed E-state index contributed by atoms with van der Waals surface area (Å²) in [6.45, 7) is 2.14. The number of nitrogens with zero attached hydrogens (tertiary/aromatic N) is 2. The molecule has 2 aliphatic rings. The Balaban J connectivity index is 1.94. The summed E-state index contributed by atoms with van der Waals surface area (Å²) in [7, 11) is 0. The van der Waals surface area contributed by atoms with Crippen molar-refractivity contribution >= 4 is 38.6 Å². The van der Waals surface area contributed by atoms with Crippen LogP contribution >= 0.6 is 15.9 Å². The van der Waals surface area contributed by atoms with Gasteiger partial charge in [-0.15, -0.1) is 0 Å². The Labute approximate surface area is 125 Å². The van der Waals surface area contributed by atoms with E-state index in [9.17, 15) is 0 Å².